The van der Waals surface area contributed by atoms with Crippen molar-refractivity contribution in [2.24, 2.45) is 11.7 Å². The lowest BCUT2D eigenvalue weighted by Gasteiger charge is -2.26. The van der Waals surface area contributed by atoms with Gasteiger partial charge in [-0.15, -0.1) is 0 Å². The Labute approximate surface area is 177 Å². The van der Waals surface area contributed by atoms with Gasteiger partial charge in [0, 0.05) is 0 Å². The predicted molar refractivity (Wildman–Crippen MR) is 102 cm³/mol. The van der Waals surface area contributed by atoms with Crippen LogP contribution in [0.3, 0.4) is 0 Å². The van der Waals surface area contributed by atoms with Gasteiger partial charge in [0.25, 0.3) is 0 Å². The van der Waals surface area contributed by atoms with Gasteiger partial charge in [0.2, 0.25) is 17.7 Å². The largest absolute Gasteiger partial charge is 0.481 e. The van der Waals surface area contributed by atoms with Crippen LogP contribution >= 0.6 is 0 Å². The second kappa shape index (κ2) is 12.4. The molecule has 14 nitrogen and oxygen atoms in total. The smallest absolute Gasteiger partial charge is 0.328 e. The van der Waals surface area contributed by atoms with Gasteiger partial charge in [-0.2, -0.15) is 0 Å². The molecule has 0 saturated carbocycles. The van der Waals surface area contributed by atoms with Crippen molar-refractivity contribution in [2.75, 3.05) is 0 Å². The standard InChI is InChI=1S/C17H28N4O10/c1-6(2)12(20-14(27)8(18)4-10(23)24)16(29)19-9(5-11(25)26)15(28)21-13(7(3)22)17(30)31/h6-9,12-13,22H,4-5,18H2,1-3H3,(H,19,29)(H,20,27)(H,21,28)(H,23,24)(H,25,26)(H,30,31). The van der Waals surface area contributed by atoms with Gasteiger partial charge >= 0.3 is 17.9 Å². The minimum absolute atomic E-state index is 0.571. The fraction of sp³-hybridized carbons (Fsp3) is 0.647. The number of carbonyl (C=O) groups is 6. The molecular formula is C17H28N4O10. The van der Waals surface area contributed by atoms with Crippen LogP contribution in [0.1, 0.15) is 33.6 Å². The highest BCUT2D eigenvalue weighted by Crippen LogP contribution is 2.06. The second-order valence-electron chi connectivity index (χ2n) is 7.16. The molecule has 0 spiro atoms. The third-order valence-corrected chi connectivity index (χ3v) is 4.04. The number of amides is 3. The molecule has 31 heavy (non-hydrogen) atoms. The van der Waals surface area contributed by atoms with Crippen molar-refractivity contribution in [3.8, 4) is 0 Å². The number of aliphatic hydroxyl groups excluding tert-OH is 1. The maximum absolute atomic E-state index is 12.6. The summed E-state index contributed by atoms with van der Waals surface area (Å²) in [5, 5.41) is 42.5. The molecule has 9 N–H and O–H groups in total. The second-order valence-corrected chi connectivity index (χ2v) is 7.16. The Morgan fingerprint density at radius 3 is 1.61 bits per heavy atom. The van der Waals surface area contributed by atoms with E-state index in [4.69, 9.17) is 21.1 Å². The van der Waals surface area contributed by atoms with E-state index in [0.717, 1.165) is 6.92 Å². The van der Waals surface area contributed by atoms with Gasteiger partial charge in [-0.25, -0.2) is 4.79 Å². The number of carboxylic acid groups (broad SMARTS) is 3. The molecule has 5 unspecified atom stereocenters. The average molecular weight is 448 g/mol. The number of aliphatic hydroxyl groups is 1. The maximum Gasteiger partial charge on any atom is 0.328 e. The Balaban J connectivity index is 5.46. The van der Waals surface area contributed by atoms with E-state index in [1.807, 2.05) is 5.32 Å². The summed E-state index contributed by atoms with van der Waals surface area (Å²) in [6.45, 7) is 4.13. The fourth-order valence-corrected chi connectivity index (χ4v) is 2.36. The van der Waals surface area contributed by atoms with Crippen LogP contribution in [0.15, 0.2) is 0 Å². The number of carbonyl (C=O) groups excluding carboxylic acids is 3. The summed E-state index contributed by atoms with van der Waals surface area (Å²) in [6, 6.07) is -6.23. The number of hydrogen-bond acceptors (Lipinski definition) is 8. The number of carboxylic acids is 3. The molecule has 0 bridgehead atoms. The Bertz CT molecular complexity index is 709. The minimum Gasteiger partial charge on any atom is -0.481 e. The van der Waals surface area contributed by atoms with Gasteiger partial charge < -0.3 is 42.1 Å². The highest BCUT2D eigenvalue weighted by molar-refractivity contribution is 5.96. The van der Waals surface area contributed by atoms with Crippen LogP contribution in [0.2, 0.25) is 0 Å². The van der Waals surface area contributed by atoms with E-state index in [2.05, 4.69) is 10.6 Å². The van der Waals surface area contributed by atoms with E-state index < -0.39 is 84.7 Å². The van der Waals surface area contributed by atoms with E-state index in [1.165, 1.54) is 13.8 Å². The van der Waals surface area contributed by atoms with Gasteiger partial charge in [0.1, 0.15) is 12.1 Å². The van der Waals surface area contributed by atoms with Gasteiger partial charge in [-0.3, -0.25) is 24.0 Å². The zero-order valence-corrected chi connectivity index (χ0v) is 17.2. The topological polar surface area (TPSA) is 245 Å². The molecule has 0 aliphatic carbocycles. The molecule has 0 radical (unpaired) electrons. The van der Waals surface area contributed by atoms with Crippen LogP contribution in [0.5, 0.6) is 0 Å². The molecule has 14 heteroatoms. The van der Waals surface area contributed by atoms with Crippen molar-refractivity contribution in [2.45, 2.75) is 63.9 Å². The van der Waals surface area contributed by atoms with E-state index >= 15 is 0 Å². The molecule has 0 saturated heterocycles. The number of rotatable bonds is 13. The lowest BCUT2D eigenvalue weighted by atomic mass is 10.0. The maximum atomic E-state index is 12.6. The number of nitrogens with one attached hydrogen (secondary N) is 3. The summed E-state index contributed by atoms with van der Waals surface area (Å²) in [7, 11) is 0. The first-order valence-corrected chi connectivity index (χ1v) is 9.18. The highest BCUT2D eigenvalue weighted by atomic mass is 16.4. The zero-order chi connectivity index (χ0) is 24.5. The first-order valence-electron chi connectivity index (χ1n) is 9.18. The van der Waals surface area contributed by atoms with E-state index in [-0.39, 0.29) is 0 Å². The molecule has 0 aliphatic heterocycles. The number of aliphatic carboxylic acids is 3. The molecule has 0 fully saturated rings. The molecular weight excluding hydrogens is 420 g/mol. The molecule has 0 aromatic carbocycles. The molecule has 5 atom stereocenters. The van der Waals surface area contributed by atoms with Gasteiger partial charge in [-0.05, 0) is 12.8 Å². The number of hydrogen-bond donors (Lipinski definition) is 8. The molecule has 0 heterocycles. The van der Waals surface area contributed by atoms with E-state index in [1.54, 1.807) is 0 Å². The molecule has 0 aromatic heterocycles. The Morgan fingerprint density at radius 2 is 1.23 bits per heavy atom. The molecule has 0 aliphatic rings. The van der Waals surface area contributed by atoms with Crippen LogP contribution in [0, 0.1) is 5.92 Å². The van der Waals surface area contributed by atoms with Crippen LogP contribution in [0.25, 0.3) is 0 Å². The molecule has 0 rings (SSSR count). The van der Waals surface area contributed by atoms with Gasteiger partial charge in [0.15, 0.2) is 6.04 Å². The molecule has 176 valence electrons. The summed E-state index contributed by atoms with van der Waals surface area (Å²) in [5.41, 5.74) is 5.45. The summed E-state index contributed by atoms with van der Waals surface area (Å²) in [5.74, 6) is -8.08. The van der Waals surface area contributed by atoms with Crippen molar-refractivity contribution >= 4 is 35.6 Å². The van der Waals surface area contributed by atoms with Crippen molar-refractivity contribution in [1.29, 1.82) is 0 Å². The Kier molecular flexibility index (Phi) is 11.1. The Morgan fingerprint density at radius 1 is 0.742 bits per heavy atom. The van der Waals surface area contributed by atoms with Crippen LogP contribution in [0.4, 0.5) is 0 Å². The molecule has 3 amide bonds. The molecule has 0 aromatic rings. The van der Waals surface area contributed by atoms with Crippen LogP contribution in [-0.2, 0) is 28.8 Å². The zero-order valence-electron chi connectivity index (χ0n) is 17.2. The quantitative estimate of drug-likeness (QED) is 0.140. The van der Waals surface area contributed by atoms with E-state index in [9.17, 15) is 33.9 Å². The summed E-state index contributed by atoms with van der Waals surface area (Å²) in [6.07, 6.45) is -3.12. The third-order valence-electron chi connectivity index (χ3n) is 4.04. The normalized spacial score (nSPS) is 15.7. The summed E-state index contributed by atoms with van der Waals surface area (Å²) in [4.78, 5) is 69.9. The van der Waals surface area contributed by atoms with Crippen molar-refractivity contribution in [1.82, 2.24) is 16.0 Å². The van der Waals surface area contributed by atoms with Crippen LogP contribution in [-0.4, -0.2) is 86.3 Å². The van der Waals surface area contributed by atoms with Gasteiger partial charge in [-0.1, -0.05) is 13.8 Å². The van der Waals surface area contributed by atoms with Crippen molar-refractivity contribution in [3.05, 3.63) is 0 Å². The van der Waals surface area contributed by atoms with Crippen molar-refractivity contribution < 1.29 is 49.2 Å². The third kappa shape index (κ3) is 9.86. The lowest BCUT2D eigenvalue weighted by molar-refractivity contribution is -0.146. The minimum atomic E-state index is -1.75. The number of nitrogens with two attached hydrogens (primary N) is 1. The van der Waals surface area contributed by atoms with E-state index in [0.29, 0.717) is 0 Å². The predicted octanol–water partition coefficient (Wildman–Crippen LogP) is -3.16. The Hall–Kier alpha value is -3.26. The van der Waals surface area contributed by atoms with Crippen LogP contribution < -0.4 is 21.7 Å². The highest BCUT2D eigenvalue weighted by Gasteiger charge is 2.34. The fourth-order valence-electron chi connectivity index (χ4n) is 2.36. The SMILES string of the molecule is CC(C)C(NC(=O)C(N)CC(=O)O)C(=O)NC(CC(=O)O)C(=O)NC(C(=O)O)C(C)O. The average Bonchev–Trinajstić information content (AvgIpc) is 2.60. The lowest BCUT2D eigenvalue weighted by Crippen LogP contribution is -2.59. The van der Waals surface area contributed by atoms with Gasteiger partial charge in [0.05, 0.1) is 25.0 Å². The first kappa shape index (κ1) is 27.7. The monoisotopic (exact) mass is 448 g/mol. The summed E-state index contributed by atoms with van der Waals surface area (Å²) < 4.78 is 0. The summed E-state index contributed by atoms with van der Waals surface area (Å²) >= 11 is 0. The van der Waals surface area contributed by atoms with Crippen molar-refractivity contribution in [3.63, 3.8) is 0 Å². The first-order chi connectivity index (χ1) is 14.2.